The molecule has 1 amide bonds. The van der Waals surface area contributed by atoms with Gasteiger partial charge in [-0.05, 0) is 30.7 Å². The van der Waals surface area contributed by atoms with Crippen LogP contribution in [0, 0.1) is 12.8 Å². The predicted octanol–water partition coefficient (Wildman–Crippen LogP) is 1.33. The first-order valence-corrected chi connectivity index (χ1v) is 9.48. The first-order valence-electron chi connectivity index (χ1n) is 9.48. The van der Waals surface area contributed by atoms with Crippen LogP contribution < -0.4 is 10.5 Å². The van der Waals surface area contributed by atoms with E-state index in [2.05, 4.69) is 26.2 Å². The molecule has 152 valence electrons. The van der Waals surface area contributed by atoms with Crippen LogP contribution in [0.1, 0.15) is 28.8 Å². The number of ether oxygens (including phenoxy) is 1. The van der Waals surface area contributed by atoms with Crippen LogP contribution >= 0.6 is 0 Å². The number of aromatic nitrogens is 4. The second-order valence-electron chi connectivity index (χ2n) is 7.34. The third kappa shape index (κ3) is 4.14. The quantitative estimate of drug-likeness (QED) is 0.641. The average Bonchev–Trinajstić information content (AvgIpc) is 3.43. The molecule has 0 bridgehead atoms. The largest absolute Gasteiger partial charge is 0.496 e. The SMILES string of the molecule is COc1ccc(CN2CC(C(N)=O)C(c3nc(C)no3)C2)cc1Cn1cccn1. The van der Waals surface area contributed by atoms with Crippen molar-refractivity contribution in [2.24, 2.45) is 11.7 Å². The molecule has 1 fully saturated rings. The highest BCUT2D eigenvalue weighted by molar-refractivity contribution is 5.78. The van der Waals surface area contributed by atoms with Gasteiger partial charge in [-0.25, -0.2) is 0 Å². The number of amides is 1. The third-order valence-electron chi connectivity index (χ3n) is 5.26. The number of benzene rings is 1. The number of rotatable bonds is 7. The zero-order chi connectivity index (χ0) is 20.4. The third-order valence-corrected chi connectivity index (χ3v) is 5.26. The van der Waals surface area contributed by atoms with E-state index in [4.69, 9.17) is 15.0 Å². The van der Waals surface area contributed by atoms with Gasteiger partial charge in [-0.3, -0.25) is 14.4 Å². The first kappa shape index (κ1) is 19.1. The summed E-state index contributed by atoms with van der Waals surface area (Å²) in [5.74, 6) is 0.970. The molecule has 0 aliphatic carbocycles. The summed E-state index contributed by atoms with van der Waals surface area (Å²) in [6.45, 7) is 4.26. The van der Waals surface area contributed by atoms with Gasteiger partial charge < -0.3 is 15.0 Å². The van der Waals surface area contributed by atoms with Crippen molar-refractivity contribution in [3.8, 4) is 5.75 Å². The predicted molar refractivity (Wildman–Crippen MR) is 104 cm³/mol. The molecule has 9 heteroatoms. The summed E-state index contributed by atoms with van der Waals surface area (Å²) >= 11 is 0. The van der Waals surface area contributed by atoms with Gasteiger partial charge in [0.25, 0.3) is 0 Å². The fourth-order valence-electron chi connectivity index (χ4n) is 3.90. The second kappa shape index (κ2) is 8.04. The lowest BCUT2D eigenvalue weighted by atomic mass is 9.95. The standard InChI is InChI=1S/C20H24N6O3/c1-13-23-20(29-24-13)17-12-25(11-16(17)19(21)27)9-14-4-5-18(28-2)15(8-14)10-26-7-3-6-22-26/h3-8,16-17H,9-12H2,1-2H3,(H2,21,27). The molecule has 2 atom stereocenters. The van der Waals surface area contributed by atoms with Gasteiger partial charge in [0.1, 0.15) is 5.75 Å². The number of likely N-dealkylation sites (tertiary alicyclic amines) is 1. The molecule has 4 rings (SSSR count). The highest BCUT2D eigenvalue weighted by Gasteiger charge is 2.40. The number of hydrogen-bond acceptors (Lipinski definition) is 7. The molecule has 29 heavy (non-hydrogen) atoms. The Morgan fingerprint density at radius 2 is 2.21 bits per heavy atom. The van der Waals surface area contributed by atoms with E-state index in [0.29, 0.717) is 37.9 Å². The van der Waals surface area contributed by atoms with E-state index < -0.39 is 0 Å². The summed E-state index contributed by atoms with van der Waals surface area (Å²) in [7, 11) is 1.66. The van der Waals surface area contributed by atoms with E-state index in [1.807, 2.05) is 29.1 Å². The zero-order valence-electron chi connectivity index (χ0n) is 16.5. The fourth-order valence-corrected chi connectivity index (χ4v) is 3.90. The molecule has 1 aromatic carbocycles. The van der Waals surface area contributed by atoms with Crippen molar-refractivity contribution in [2.75, 3.05) is 20.2 Å². The molecular formula is C20H24N6O3. The molecule has 9 nitrogen and oxygen atoms in total. The molecule has 2 N–H and O–H groups in total. The molecule has 3 aromatic rings. The summed E-state index contributed by atoms with van der Waals surface area (Å²) in [5, 5.41) is 8.12. The number of methoxy groups -OCH3 is 1. The summed E-state index contributed by atoms with van der Waals surface area (Å²) in [6.07, 6.45) is 3.67. The highest BCUT2D eigenvalue weighted by Crippen LogP contribution is 2.33. The summed E-state index contributed by atoms with van der Waals surface area (Å²) in [4.78, 5) is 18.5. The van der Waals surface area contributed by atoms with Crippen LogP contribution in [0.4, 0.5) is 0 Å². The van der Waals surface area contributed by atoms with Gasteiger partial charge in [-0.2, -0.15) is 10.1 Å². The lowest BCUT2D eigenvalue weighted by molar-refractivity contribution is -0.121. The van der Waals surface area contributed by atoms with Gasteiger partial charge in [0.15, 0.2) is 5.82 Å². The van der Waals surface area contributed by atoms with Gasteiger partial charge in [0, 0.05) is 37.6 Å². The van der Waals surface area contributed by atoms with E-state index in [1.54, 1.807) is 20.2 Å². The van der Waals surface area contributed by atoms with Crippen LogP contribution in [-0.2, 0) is 17.9 Å². The monoisotopic (exact) mass is 396 g/mol. The van der Waals surface area contributed by atoms with Crippen LogP contribution in [0.15, 0.2) is 41.2 Å². The van der Waals surface area contributed by atoms with Crippen molar-refractivity contribution in [1.29, 1.82) is 0 Å². The minimum absolute atomic E-state index is 0.185. The maximum absolute atomic E-state index is 12.0. The molecule has 0 saturated carbocycles. The molecule has 2 unspecified atom stereocenters. The molecular weight excluding hydrogens is 372 g/mol. The Morgan fingerprint density at radius 3 is 2.86 bits per heavy atom. The van der Waals surface area contributed by atoms with Gasteiger partial charge >= 0.3 is 0 Å². The molecule has 2 aromatic heterocycles. The van der Waals surface area contributed by atoms with Crippen LogP contribution in [0.5, 0.6) is 5.75 Å². The Bertz CT molecular complexity index is 984. The lowest BCUT2D eigenvalue weighted by Crippen LogP contribution is -2.29. The Labute approximate surface area is 168 Å². The molecule has 3 heterocycles. The Hall–Kier alpha value is -3.20. The van der Waals surface area contributed by atoms with Gasteiger partial charge in [0.05, 0.1) is 25.5 Å². The van der Waals surface area contributed by atoms with Crippen molar-refractivity contribution >= 4 is 5.91 Å². The lowest BCUT2D eigenvalue weighted by Gasteiger charge is -2.17. The summed E-state index contributed by atoms with van der Waals surface area (Å²) in [5.41, 5.74) is 7.81. The normalized spacial score (nSPS) is 19.5. The maximum atomic E-state index is 12.0. The maximum Gasteiger partial charge on any atom is 0.231 e. The molecule has 0 spiro atoms. The number of carbonyl (C=O) groups is 1. The van der Waals surface area contributed by atoms with Gasteiger partial charge in [0.2, 0.25) is 11.8 Å². The van der Waals surface area contributed by atoms with Crippen LogP contribution in [0.25, 0.3) is 0 Å². The minimum atomic E-state index is -0.350. The van der Waals surface area contributed by atoms with Crippen LogP contribution in [-0.4, -0.2) is 50.9 Å². The highest BCUT2D eigenvalue weighted by atomic mass is 16.5. The number of nitrogens with two attached hydrogens (primary N) is 1. The van der Waals surface area contributed by atoms with Crippen molar-refractivity contribution in [3.63, 3.8) is 0 Å². The number of hydrogen-bond donors (Lipinski definition) is 1. The van der Waals surface area contributed by atoms with E-state index in [1.165, 1.54) is 0 Å². The first-order chi connectivity index (χ1) is 14.0. The van der Waals surface area contributed by atoms with Gasteiger partial charge in [-0.1, -0.05) is 11.2 Å². The number of nitrogens with zero attached hydrogens (tertiary/aromatic N) is 5. The smallest absolute Gasteiger partial charge is 0.231 e. The van der Waals surface area contributed by atoms with Crippen molar-refractivity contribution in [1.82, 2.24) is 24.8 Å². The van der Waals surface area contributed by atoms with Crippen LogP contribution in [0.2, 0.25) is 0 Å². The molecule has 1 saturated heterocycles. The molecule has 0 radical (unpaired) electrons. The van der Waals surface area contributed by atoms with Gasteiger partial charge in [-0.15, -0.1) is 0 Å². The Morgan fingerprint density at radius 1 is 1.34 bits per heavy atom. The number of carbonyl (C=O) groups excluding carboxylic acids is 1. The van der Waals surface area contributed by atoms with Crippen molar-refractivity contribution in [3.05, 3.63) is 59.5 Å². The number of primary amides is 1. The summed E-state index contributed by atoms with van der Waals surface area (Å²) in [6, 6.07) is 8.01. The Balaban J connectivity index is 1.52. The Kier molecular flexibility index (Phi) is 5.30. The van der Waals surface area contributed by atoms with E-state index in [0.717, 1.165) is 16.9 Å². The van der Waals surface area contributed by atoms with E-state index in [9.17, 15) is 4.79 Å². The number of aryl methyl sites for hydroxylation is 1. The molecule has 1 aliphatic rings. The topological polar surface area (TPSA) is 112 Å². The second-order valence-corrected chi connectivity index (χ2v) is 7.34. The van der Waals surface area contributed by atoms with Crippen molar-refractivity contribution in [2.45, 2.75) is 25.9 Å². The van der Waals surface area contributed by atoms with Crippen molar-refractivity contribution < 1.29 is 14.1 Å². The zero-order valence-corrected chi connectivity index (χ0v) is 16.5. The van der Waals surface area contributed by atoms with E-state index >= 15 is 0 Å². The minimum Gasteiger partial charge on any atom is -0.496 e. The fraction of sp³-hybridized carbons (Fsp3) is 0.400. The van der Waals surface area contributed by atoms with E-state index in [-0.39, 0.29) is 17.7 Å². The average molecular weight is 396 g/mol. The van der Waals surface area contributed by atoms with Crippen LogP contribution in [0.3, 0.4) is 0 Å². The summed E-state index contributed by atoms with van der Waals surface area (Å²) < 4.78 is 12.7. The molecule has 1 aliphatic heterocycles.